The quantitative estimate of drug-likeness (QED) is 0.278. The Labute approximate surface area is 232 Å². The number of aromatic nitrogens is 4. The van der Waals surface area contributed by atoms with Crippen LogP contribution in [-0.2, 0) is 13.0 Å². The highest BCUT2D eigenvalue weighted by molar-refractivity contribution is 7.98. The van der Waals surface area contributed by atoms with Crippen LogP contribution in [0, 0.1) is 11.3 Å². The van der Waals surface area contributed by atoms with E-state index in [4.69, 9.17) is 14.5 Å². The number of hydrogen-bond donors (Lipinski definition) is 0. The van der Waals surface area contributed by atoms with Crippen LogP contribution in [0.4, 0.5) is 5.82 Å². The molecule has 3 aliphatic heterocycles. The molecule has 3 aliphatic rings. The maximum atomic E-state index is 9.62. The molecule has 4 aromatic heterocycles. The number of ether oxygens (including phenoxy) is 2. The summed E-state index contributed by atoms with van der Waals surface area (Å²) in [5, 5.41) is 14.0. The first-order valence-corrected chi connectivity index (χ1v) is 14.5. The molecular formula is C29H31N7O2S. The maximum Gasteiger partial charge on any atom is 0.212 e. The van der Waals surface area contributed by atoms with Gasteiger partial charge in [-0.15, -0.1) is 0 Å². The van der Waals surface area contributed by atoms with E-state index in [-0.39, 0.29) is 0 Å². The van der Waals surface area contributed by atoms with Crippen LogP contribution in [0.5, 0.6) is 11.6 Å². The van der Waals surface area contributed by atoms with E-state index in [1.807, 2.05) is 30.7 Å². The zero-order chi connectivity index (χ0) is 26.8. The first-order chi connectivity index (χ1) is 19.1. The molecular weight excluding hydrogens is 510 g/mol. The monoisotopic (exact) mass is 541 g/mol. The summed E-state index contributed by atoms with van der Waals surface area (Å²) in [5.74, 6) is 3.33. The molecule has 3 saturated heterocycles. The van der Waals surface area contributed by atoms with Gasteiger partial charge >= 0.3 is 0 Å². The Hall–Kier alpha value is -3.81. The van der Waals surface area contributed by atoms with Crippen molar-refractivity contribution < 1.29 is 9.47 Å². The normalized spacial score (nSPS) is 18.5. The summed E-state index contributed by atoms with van der Waals surface area (Å²) in [5.41, 5.74) is 4.69. The number of anilines is 1. The maximum absolute atomic E-state index is 9.62. The Bertz CT molecular complexity index is 1470. The van der Waals surface area contributed by atoms with Crippen LogP contribution < -0.4 is 14.4 Å². The van der Waals surface area contributed by atoms with E-state index in [9.17, 15) is 5.26 Å². The molecule has 0 aliphatic carbocycles. The van der Waals surface area contributed by atoms with Gasteiger partial charge in [-0.05, 0) is 41.5 Å². The Kier molecular flexibility index (Phi) is 7.26. The smallest absolute Gasteiger partial charge is 0.212 e. The van der Waals surface area contributed by atoms with E-state index >= 15 is 0 Å². The van der Waals surface area contributed by atoms with Crippen molar-refractivity contribution in [3.63, 3.8) is 0 Å². The standard InChI is InChI=1S/C29H31N7O2S/c1-37-28-6-4-21(14-32-28)16-35-24-11-25(35)18-34(17-24)27-5-3-20(13-31-27)9-22-10-26(38-7-8-39-2)19-36-29(22)23(12-30)15-33-36/h3-6,10,13-15,19,24-25H,7-9,11,16-18H2,1-2H3. The van der Waals surface area contributed by atoms with Gasteiger partial charge in [-0.2, -0.15) is 22.1 Å². The van der Waals surface area contributed by atoms with Crippen molar-refractivity contribution in [2.45, 2.75) is 31.5 Å². The molecule has 0 saturated carbocycles. The third-order valence-corrected chi connectivity index (χ3v) is 8.16. The number of pyridine rings is 3. The average molecular weight is 542 g/mol. The Morgan fingerprint density at radius 2 is 1.90 bits per heavy atom. The highest BCUT2D eigenvalue weighted by Crippen LogP contribution is 2.35. The molecule has 0 spiro atoms. The summed E-state index contributed by atoms with van der Waals surface area (Å²) in [6.45, 7) is 3.50. The van der Waals surface area contributed by atoms with Gasteiger partial charge in [-0.3, -0.25) is 4.90 Å². The van der Waals surface area contributed by atoms with E-state index in [0.29, 0.717) is 36.6 Å². The molecule has 0 N–H and O–H groups in total. The van der Waals surface area contributed by atoms with Crippen LogP contribution in [-0.4, -0.2) is 75.4 Å². The number of nitriles is 1. The zero-order valence-electron chi connectivity index (χ0n) is 22.2. The van der Waals surface area contributed by atoms with Crippen molar-refractivity contribution in [2.75, 3.05) is 43.7 Å². The van der Waals surface area contributed by atoms with E-state index in [0.717, 1.165) is 53.6 Å². The highest BCUT2D eigenvalue weighted by atomic mass is 32.2. The molecule has 7 rings (SSSR count). The lowest BCUT2D eigenvalue weighted by atomic mass is 9.87. The molecule has 10 heteroatoms. The second kappa shape index (κ2) is 11.1. The highest BCUT2D eigenvalue weighted by Gasteiger charge is 2.44. The summed E-state index contributed by atoms with van der Waals surface area (Å²) in [6.07, 6.45) is 11.3. The van der Waals surface area contributed by atoms with Gasteiger partial charge in [0.2, 0.25) is 5.88 Å². The number of hydrogen-bond acceptors (Lipinski definition) is 9. The van der Waals surface area contributed by atoms with Crippen LogP contribution >= 0.6 is 11.8 Å². The van der Waals surface area contributed by atoms with Crippen molar-refractivity contribution in [1.29, 1.82) is 5.26 Å². The zero-order valence-corrected chi connectivity index (χ0v) is 23.0. The van der Waals surface area contributed by atoms with Gasteiger partial charge in [0, 0.05) is 62.4 Å². The number of piperazine rings is 1. The average Bonchev–Trinajstić information content (AvgIpc) is 3.40. The summed E-state index contributed by atoms with van der Waals surface area (Å²) in [6, 6.07) is 13.6. The second-order valence-electron chi connectivity index (χ2n) is 10.0. The lowest BCUT2D eigenvalue weighted by Gasteiger charge is -2.56. The van der Waals surface area contributed by atoms with Crippen LogP contribution in [0.1, 0.15) is 28.7 Å². The number of fused-ring (bicyclic) bond motifs is 3. The third-order valence-electron chi connectivity index (χ3n) is 7.59. The van der Waals surface area contributed by atoms with Crippen molar-refractivity contribution >= 4 is 23.1 Å². The predicted octanol–water partition coefficient (Wildman–Crippen LogP) is 3.80. The van der Waals surface area contributed by atoms with Gasteiger partial charge in [-0.1, -0.05) is 12.1 Å². The SMILES string of the molecule is COc1ccc(CN2C3CC2CN(c2ccc(Cc4cc(OCCSC)cn5ncc(C#N)c45)cn2)C3)cn1. The number of thioether (sulfide) groups is 1. The van der Waals surface area contributed by atoms with Gasteiger partial charge in [0.05, 0.1) is 37.2 Å². The predicted molar refractivity (Wildman–Crippen MR) is 152 cm³/mol. The minimum Gasteiger partial charge on any atom is -0.491 e. The van der Waals surface area contributed by atoms with E-state index in [2.05, 4.69) is 50.4 Å². The Morgan fingerprint density at radius 3 is 2.59 bits per heavy atom. The molecule has 2 unspecified atom stereocenters. The fourth-order valence-corrected chi connectivity index (χ4v) is 5.86. The summed E-state index contributed by atoms with van der Waals surface area (Å²) < 4.78 is 12.9. The molecule has 4 aromatic rings. The molecule has 200 valence electrons. The van der Waals surface area contributed by atoms with Gasteiger partial charge in [0.25, 0.3) is 0 Å². The molecule has 0 aromatic carbocycles. The van der Waals surface area contributed by atoms with Crippen molar-refractivity contribution in [2.24, 2.45) is 0 Å². The minimum absolute atomic E-state index is 0.528. The first-order valence-electron chi connectivity index (χ1n) is 13.1. The topological polar surface area (TPSA) is 91.8 Å². The molecule has 2 bridgehead atoms. The van der Waals surface area contributed by atoms with Crippen LogP contribution in [0.3, 0.4) is 0 Å². The Morgan fingerprint density at radius 1 is 1.08 bits per heavy atom. The second-order valence-corrected chi connectivity index (χ2v) is 11.0. The molecule has 39 heavy (non-hydrogen) atoms. The van der Waals surface area contributed by atoms with Gasteiger partial charge in [0.15, 0.2) is 0 Å². The van der Waals surface area contributed by atoms with Crippen molar-refractivity contribution in [3.05, 3.63) is 77.4 Å². The van der Waals surface area contributed by atoms with E-state index in [1.165, 1.54) is 12.0 Å². The number of methoxy groups -OCH3 is 1. The van der Waals surface area contributed by atoms with Gasteiger partial charge in [0.1, 0.15) is 17.6 Å². The summed E-state index contributed by atoms with van der Waals surface area (Å²) in [4.78, 5) is 14.2. The molecule has 0 radical (unpaired) electrons. The fourth-order valence-electron chi connectivity index (χ4n) is 5.61. The first kappa shape index (κ1) is 25.5. The Balaban J connectivity index is 1.13. The molecule has 2 atom stereocenters. The molecule has 3 fully saturated rings. The summed E-state index contributed by atoms with van der Waals surface area (Å²) >= 11 is 1.74. The largest absolute Gasteiger partial charge is 0.491 e. The van der Waals surface area contributed by atoms with Crippen molar-refractivity contribution in [1.82, 2.24) is 24.5 Å². The van der Waals surface area contributed by atoms with Gasteiger partial charge in [-0.25, -0.2) is 14.5 Å². The van der Waals surface area contributed by atoms with E-state index in [1.54, 1.807) is 29.6 Å². The lowest BCUT2D eigenvalue weighted by Crippen LogP contribution is -2.68. The molecule has 0 amide bonds. The molecule has 9 nitrogen and oxygen atoms in total. The van der Waals surface area contributed by atoms with E-state index < -0.39 is 0 Å². The lowest BCUT2D eigenvalue weighted by molar-refractivity contribution is -0.00877. The number of rotatable bonds is 10. The summed E-state index contributed by atoms with van der Waals surface area (Å²) in [7, 11) is 1.64. The van der Waals surface area contributed by atoms with Crippen LogP contribution in [0.25, 0.3) is 5.52 Å². The number of piperidine rings is 1. The third kappa shape index (κ3) is 5.24. The van der Waals surface area contributed by atoms with Crippen LogP contribution in [0.2, 0.25) is 0 Å². The van der Waals surface area contributed by atoms with Crippen LogP contribution in [0.15, 0.2) is 55.1 Å². The van der Waals surface area contributed by atoms with Crippen molar-refractivity contribution in [3.8, 4) is 17.7 Å². The van der Waals surface area contributed by atoms with Gasteiger partial charge < -0.3 is 14.4 Å². The fraction of sp³-hybridized carbons (Fsp3) is 0.379. The minimum atomic E-state index is 0.528. The molecule has 7 heterocycles. The number of nitrogens with zero attached hydrogens (tertiary/aromatic N) is 7.